The number of aryl methyl sites for hydroxylation is 1. The second-order valence-electron chi connectivity index (χ2n) is 3.10. The molecule has 0 fully saturated rings. The first-order valence-electron chi connectivity index (χ1n) is 3.72. The summed E-state index contributed by atoms with van der Waals surface area (Å²) in [6.07, 6.45) is 0.829. The molecule has 4 nitrogen and oxygen atoms in total. The zero-order valence-electron chi connectivity index (χ0n) is 7.09. The molecule has 1 aromatic heterocycles. The number of hydrogen-bond donors (Lipinski definition) is 1. The van der Waals surface area contributed by atoms with E-state index < -0.39 is 0 Å². The summed E-state index contributed by atoms with van der Waals surface area (Å²) in [6, 6.07) is 0. The van der Waals surface area contributed by atoms with Crippen LogP contribution in [0.5, 0.6) is 0 Å². The van der Waals surface area contributed by atoms with Crippen molar-refractivity contribution in [2.24, 2.45) is 13.0 Å². The van der Waals surface area contributed by atoms with E-state index in [4.69, 9.17) is 0 Å². The fourth-order valence-corrected chi connectivity index (χ4v) is 0.934. The van der Waals surface area contributed by atoms with Crippen LogP contribution in [0, 0.1) is 5.92 Å². The van der Waals surface area contributed by atoms with Gasteiger partial charge in [0.05, 0.1) is 0 Å². The van der Waals surface area contributed by atoms with Gasteiger partial charge in [-0.05, 0) is 5.92 Å². The van der Waals surface area contributed by atoms with Gasteiger partial charge in [0.25, 0.3) is 0 Å². The van der Waals surface area contributed by atoms with Crippen LogP contribution in [0.25, 0.3) is 0 Å². The molecule has 11 heavy (non-hydrogen) atoms. The fourth-order valence-electron chi connectivity index (χ4n) is 0.934. The van der Waals surface area contributed by atoms with Gasteiger partial charge in [-0.3, -0.25) is 4.98 Å². The van der Waals surface area contributed by atoms with Crippen molar-refractivity contribution in [2.45, 2.75) is 20.3 Å². The molecule has 0 spiro atoms. The molecule has 0 saturated carbocycles. The Balaban J connectivity index is 2.81. The minimum atomic E-state index is -0.138. The summed E-state index contributed by atoms with van der Waals surface area (Å²) < 4.78 is 1.32. The Hall–Kier alpha value is -1.06. The van der Waals surface area contributed by atoms with Gasteiger partial charge in [0.15, 0.2) is 0 Å². The largest absolute Gasteiger partial charge is 0.342 e. The average Bonchev–Trinajstić information content (AvgIpc) is 2.10. The molecule has 0 unspecified atom stereocenters. The molecule has 0 radical (unpaired) electrons. The Labute approximate surface area is 65.2 Å². The molecule has 4 heteroatoms. The van der Waals surface area contributed by atoms with E-state index in [0.717, 1.165) is 12.2 Å². The first kappa shape index (κ1) is 8.04. The maximum atomic E-state index is 10.9. The number of H-pyrrole nitrogens is 1. The summed E-state index contributed by atoms with van der Waals surface area (Å²) in [5, 5.41) is 4.00. The van der Waals surface area contributed by atoms with Crippen molar-refractivity contribution in [3.8, 4) is 0 Å². The van der Waals surface area contributed by atoms with Crippen molar-refractivity contribution >= 4 is 0 Å². The predicted molar refractivity (Wildman–Crippen MR) is 42.4 cm³/mol. The van der Waals surface area contributed by atoms with Gasteiger partial charge in [0, 0.05) is 13.5 Å². The maximum Gasteiger partial charge on any atom is 0.342 e. The van der Waals surface area contributed by atoms with Crippen LogP contribution in [0.4, 0.5) is 0 Å². The van der Waals surface area contributed by atoms with Crippen molar-refractivity contribution in [1.82, 2.24) is 14.8 Å². The smallest absolute Gasteiger partial charge is 0.293 e. The van der Waals surface area contributed by atoms with E-state index in [-0.39, 0.29) is 5.69 Å². The molecule has 0 aromatic carbocycles. The molecular formula is C7H13N3O. The number of aromatic nitrogens is 3. The minimum Gasteiger partial charge on any atom is -0.293 e. The number of nitrogens with zero attached hydrogens (tertiary/aromatic N) is 2. The molecule has 0 atom stereocenters. The van der Waals surface area contributed by atoms with Crippen LogP contribution in [-0.4, -0.2) is 14.8 Å². The van der Waals surface area contributed by atoms with E-state index in [1.54, 1.807) is 7.05 Å². The van der Waals surface area contributed by atoms with Crippen LogP contribution in [-0.2, 0) is 13.5 Å². The minimum absolute atomic E-state index is 0.138. The van der Waals surface area contributed by atoms with E-state index in [2.05, 4.69) is 23.9 Å². The van der Waals surface area contributed by atoms with Gasteiger partial charge in [-0.15, -0.1) is 0 Å². The highest BCUT2D eigenvalue weighted by Gasteiger charge is 2.02. The zero-order valence-corrected chi connectivity index (χ0v) is 7.09. The topological polar surface area (TPSA) is 50.7 Å². The van der Waals surface area contributed by atoms with Crippen LogP contribution in [0.2, 0.25) is 0 Å². The van der Waals surface area contributed by atoms with Crippen molar-refractivity contribution in [3.05, 3.63) is 16.3 Å². The van der Waals surface area contributed by atoms with Crippen LogP contribution < -0.4 is 5.69 Å². The highest BCUT2D eigenvalue weighted by atomic mass is 16.1. The van der Waals surface area contributed by atoms with E-state index in [9.17, 15) is 4.79 Å². The van der Waals surface area contributed by atoms with Gasteiger partial charge in [-0.2, -0.15) is 5.10 Å². The fraction of sp³-hybridized carbons (Fsp3) is 0.714. The quantitative estimate of drug-likeness (QED) is 0.668. The first-order chi connectivity index (χ1) is 5.09. The van der Waals surface area contributed by atoms with E-state index in [1.807, 2.05) is 0 Å². The van der Waals surface area contributed by atoms with Crippen molar-refractivity contribution in [1.29, 1.82) is 0 Å². The molecule has 1 N–H and O–H groups in total. The summed E-state index contributed by atoms with van der Waals surface area (Å²) in [6.45, 7) is 4.18. The Kier molecular flexibility index (Phi) is 2.12. The van der Waals surface area contributed by atoms with E-state index in [1.165, 1.54) is 4.68 Å². The molecule has 62 valence electrons. The average molecular weight is 155 g/mol. The van der Waals surface area contributed by atoms with E-state index >= 15 is 0 Å². The summed E-state index contributed by atoms with van der Waals surface area (Å²) in [5.74, 6) is 1.30. The number of rotatable bonds is 2. The second kappa shape index (κ2) is 2.90. The van der Waals surface area contributed by atoms with Crippen molar-refractivity contribution in [3.63, 3.8) is 0 Å². The summed E-state index contributed by atoms with van der Waals surface area (Å²) in [7, 11) is 1.64. The maximum absolute atomic E-state index is 10.9. The Morgan fingerprint density at radius 2 is 2.27 bits per heavy atom. The Morgan fingerprint density at radius 3 is 2.64 bits per heavy atom. The molecule has 0 aliphatic heterocycles. The van der Waals surface area contributed by atoms with Crippen LogP contribution >= 0.6 is 0 Å². The Bertz CT molecular complexity index is 284. The Morgan fingerprint density at radius 1 is 1.64 bits per heavy atom. The first-order valence-corrected chi connectivity index (χ1v) is 3.72. The van der Waals surface area contributed by atoms with Gasteiger partial charge in [-0.25, -0.2) is 9.48 Å². The van der Waals surface area contributed by atoms with E-state index in [0.29, 0.717) is 5.92 Å². The lowest BCUT2D eigenvalue weighted by Gasteiger charge is -1.97. The third-order valence-corrected chi connectivity index (χ3v) is 1.42. The van der Waals surface area contributed by atoms with Crippen LogP contribution in [0.15, 0.2) is 4.79 Å². The highest BCUT2D eigenvalue weighted by Crippen LogP contribution is 1.98. The zero-order chi connectivity index (χ0) is 8.43. The summed E-state index contributed by atoms with van der Waals surface area (Å²) >= 11 is 0. The van der Waals surface area contributed by atoms with Gasteiger partial charge >= 0.3 is 5.69 Å². The molecule has 1 aromatic rings. The number of hydrogen-bond acceptors (Lipinski definition) is 2. The predicted octanol–water partition coefficient (Wildman–Crippen LogP) is 0.307. The van der Waals surface area contributed by atoms with Gasteiger partial charge in [0.1, 0.15) is 5.82 Å². The monoisotopic (exact) mass is 155 g/mol. The molecule has 0 bridgehead atoms. The lowest BCUT2D eigenvalue weighted by atomic mass is 10.1. The third-order valence-electron chi connectivity index (χ3n) is 1.42. The van der Waals surface area contributed by atoms with Crippen LogP contribution in [0.1, 0.15) is 19.7 Å². The summed E-state index contributed by atoms with van der Waals surface area (Å²) in [5.41, 5.74) is -0.138. The highest BCUT2D eigenvalue weighted by molar-refractivity contribution is 4.82. The van der Waals surface area contributed by atoms with Crippen molar-refractivity contribution < 1.29 is 0 Å². The van der Waals surface area contributed by atoms with Crippen molar-refractivity contribution in [2.75, 3.05) is 0 Å². The molecule has 0 aliphatic rings. The molecule has 1 heterocycles. The molecular weight excluding hydrogens is 142 g/mol. The normalized spacial score (nSPS) is 10.9. The van der Waals surface area contributed by atoms with Gasteiger partial charge < -0.3 is 0 Å². The summed E-state index contributed by atoms with van der Waals surface area (Å²) in [4.78, 5) is 13.5. The SMILES string of the molecule is CC(C)Cc1nn(C)c(=O)[nH]1. The van der Waals surface area contributed by atoms with Gasteiger partial charge in [0.2, 0.25) is 0 Å². The lowest BCUT2D eigenvalue weighted by molar-refractivity contribution is 0.612. The molecule has 0 aliphatic carbocycles. The number of aromatic amines is 1. The third kappa shape index (κ3) is 1.93. The molecule has 1 rings (SSSR count). The second-order valence-corrected chi connectivity index (χ2v) is 3.10. The standard InChI is InChI=1S/C7H13N3O/c1-5(2)4-6-8-7(11)10(3)9-6/h5H,4H2,1-3H3,(H,8,9,11). The molecule has 0 saturated heterocycles. The molecule has 0 amide bonds. The van der Waals surface area contributed by atoms with Gasteiger partial charge in [-0.1, -0.05) is 13.8 Å². The van der Waals surface area contributed by atoms with Crippen LogP contribution in [0.3, 0.4) is 0 Å². The lowest BCUT2D eigenvalue weighted by Crippen LogP contribution is -2.13. The number of nitrogens with one attached hydrogen (secondary N) is 1.